The van der Waals surface area contributed by atoms with Gasteiger partial charge in [-0.25, -0.2) is 9.37 Å². The number of nitrogens with zero attached hydrogens (tertiary/aromatic N) is 2. The summed E-state index contributed by atoms with van der Waals surface area (Å²) in [4.78, 5) is 19.3. The van der Waals surface area contributed by atoms with E-state index in [0.29, 0.717) is 5.02 Å². The zero-order chi connectivity index (χ0) is 18.8. The Morgan fingerprint density at radius 2 is 2.07 bits per heavy atom. The molecule has 2 aromatic carbocycles. The van der Waals surface area contributed by atoms with E-state index in [1.165, 1.54) is 23.5 Å². The fourth-order valence-electron chi connectivity index (χ4n) is 3.50. The maximum Gasteiger partial charge on any atom is 0.229 e. The number of aromatic nitrogens is 1. The monoisotopic (exact) mass is 400 g/mol. The van der Waals surface area contributed by atoms with Crippen LogP contribution < -0.4 is 0 Å². The number of carbonyl (C=O) groups is 1. The van der Waals surface area contributed by atoms with Crippen LogP contribution in [0, 0.1) is 5.82 Å². The van der Waals surface area contributed by atoms with Crippen molar-refractivity contribution in [1.29, 1.82) is 0 Å². The normalized spacial score (nSPS) is 16.7. The molecular formula is C21H18ClFN2OS. The SMILES string of the molecule is O=C(Cc1csc(-c2cccc(F)c2)n1)N1CCCC1c1ccc(Cl)cc1. The van der Waals surface area contributed by atoms with Crippen LogP contribution in [-0.2, 0) is 11.2 Å². The van der Waals surface area contributed by atoms with Gasteiger partial charge in [0.25, 0.3) is 0 Å². The van der Waals surface area contributed by atoms with Crippen molar-refractivity contribution in [3.8, 4) is 10.6 Å². The fraction of sp³-hybridized carbons (Fsp3) is 0.238. The lowest BCUT2D eigenvalue weighted by molar-refractivity contribution is -0.131. The summed E-state index contributed by atoms with van der Waals surface area (Å²) in [6, 6.07) is 14.2. The molecule has 1 amide bonds. The van der Waals surface area contributed by atoms with Gasteiger partial charge in [-0.3, -0.25) is 4.79 Å². The maximum atomic E-state index is 13.4. The van der Waals surface area contributed by atoms with Crippen LogP contribution in [0.4, 0.5) is 4.39 Å². The van der Waals surface area contributed by atoms with Gasteiger partial charge in [0.05, 0.1) is 18.2 Å². The molecule has 0 bridgehead atoms. The molecule has 27 heavy (non-hydrogen) atoms. The molecule has 0 spiro atoms. The largest absolute Gasteiger partial charge is 0.335 e. The van der Waals surface area contributed by atoms with E-state index in [2.05, 4.69) is 4.98 Å². The van der Waals surface area contributed by atoms with Gasteiger partial charge in [0.2, 0.25) is 5.91 Å². The predicted octanol–water partition coefficient (Wildman–Crippen LogP) is 5.51. The number of likely N-dealkylation sites (tertiary alicyclic amines) is 1. The highest BCUT2D eigenvalue weighted by Gasteiger charge is 2.30. The first-order chi connectivity index (χ1) is 13.1. The van der Waals surface area contributed by atoms with E-state index < -0.39 is 0 Å². The van der Waals surface area contributed by atoms with Crippen molar-refractivity contribution in [1.82, 2.24) is 9.88 Å². The van der Waals surface area contributed by atoms with Crippen molar-refractivity contribution < 1.29 is 9.18 Å². The third-order valence-corrected chi connectivity index (χ3v) is 5.98. The minimum absolute atomic E-state index is 0.0727. The number of benzene rings is 2. The molecule has 4 rings (SSSR count). The van der Waals surface area contributed by atoms with Crippen molar-refractivity contribution in [2.75, 3.05) is 6.54 Å². The Kier molecular flexibility index (Phi) is 5.23. The number of halogens is 2. The molecule has 3 aromatic rings. The number of amides is 1. The van der Waals surface area contributed by atoms with Crippen molar-refractivity contribution in [3.63, 3.8) is 0 Å². The number of rotatable bonds is 4. The molecule has 1 fully saturated rings. The topological polar surface area (TPSA) is 33.2 Å². The molecular weight excluding hydrogens is 383 g/mol. The Morgan fingerprint density at radius 1 is 1.26 bits per heavy atom. The maximum absolute atomic E-state index is 13.4. The molecule has 6 heteroatoms. The Balaban J connectivity index is 1.48. The van der Waals surface area contributed by atoms with Gasteiger partial charge in [0.15, 0.2) is 0 Å². The minimum atomic E-state index is -0.289. The lowest BCUT2D eigenvalue weighted by Crippen LogP contribution is -2.31. The van der Waals surface area contributed by atoms with Gasteiger partial charge in [-0.1, -0.05) is 35.9 Å². The molecule has 1 aromatic heterocycles. The van der Waals surface area contributed by atoms with Crippen LogP contribution in [0.3, 0.4) is 0 Å². The zero-order valence-electron chi connectivity index (χ0n) is 14.6. The lowest BCUT2D eigenvalue weighted by atomic mass is 10.0. The standard InChI is InChI=1S/C21H18ClFN2OS/c22-16-8-6-14(7-9-16)19-5-2-10-25(19)20(26)12-18-13-27-21(24-18)15-3-1-4-17(23)11-15/h1,3-4,6-9,11,13,19H,2,5,10,12H2. The lowest BCUT2D eigenvalue weighted by Gasteiger charge is -2.25. The molecule has 1 aliphatic rings. The van der Waals surface area contributed by atoms with E-state index in [9.17, 15) is 9.18 Å². The van der Waals surface area contributed by atoms with Gasteiger partial charge in [0.1, 0.15) is 10.8 Å². The van der Waals surface area contributed by atoms with E-state index in [0.717, 1.165) is 41.2 Å². The summed E-state index contributed by atoms with van der Waals surface area (Å²) in [5.74, 6) is -0.216. The first kappa shape index (κ1) is 18.1. The second-order valence-corrected chi connectivity index (χ2v) is 7.92. The van der Waals surface area contributed by atoms with E-state index >= 15 is 0 Å². The molecule has 0 saturated carbocycles. The van der Waals surface area contributed by atoms with E-state index in [4.69, 9.17) is 11.6 Å². The average Bonchev–Trinajstić information content (AvgIpc) is 3.32. The van der Waals surface area contributed by atoms with Crippen LogP contribution in [0.15, 0.2) is 53.9 Å². The number of carbonyl (C=O) groups excluding carboxylic acids is 1. The quantitative estimate of drug-likeness (QED) is 0.578. The zero-order valence-corrected chi connectivity index (χ0v) is 16.1. The second kappa shape index (κ2) is 7.79. The van der Waals surface area contributed by atoms with E-state index in [-0.39, 0.29) is 24.2 Å². The van der Waals surface area contributed by atoms with Crippen molar-refractivity contribution in [2.45, 2.75) is 25.3 Å². The van der Waals surface area contributed by atoms with Gasteiger partial charge >= 0.3 is 0 Å². The third-order valence-electron chi connectivity index (χ3n) is 4.78. The minimum Gasteiger partial charge on any atom is -0.335 e. The summed E-state index contributed by atoms with van der Waals surface area (Å²) in [7, 11) is 0. The highest BCUT2D eigenvalue weighted by Crippen LogP contribution is 2.33. The Bertz CT molecular complexity index is 957. The van der Waals surface area contributed by atoms with Crippen LogP contribution in [0.1, 0.15) is 30.1 Å². The van der Waals surface area contributed by atoms with Crippen molar-refractivity contribution in [2.24, 2.45) is 0 Å². The molecule has 1 aliphatic heterocycles. The summed E-state index contributed by atoms with van der Waals surface area (Å²) in [6.45, 7) is 0.757. The summed E-state index contributed by atoms with van der Waals surface area (Å²) in [6.07, 6.45) is 2.21. The van der Waals surface area contributed by atoms with Crippen LogP contribution in [0.25, 0.3) is 10.6 Å². The molecule has 3 nitrogen and oxygen atoms in total. The summed E-state index contributed by atoms with van der Waals surface area (Å²) < 4.78 is 13.4. The van der Waals surface area contributed by atoms with Crippen molar-refractivity contribution >= 4 is 28.8 Å². The fourth-order valence-corrected chi connectivity index (χ4v) is 4.44. The van der Waals surface area contributed by atoms with Gasteiger partial charge < -0.3 is 4.90 Å². The molecule has 2 heterocycles. The molecule has 0 radical (unpaired) electrons. The number of hydrogen-bond acceptors (Lipinski definition) is 3. The van der Waals surface area contributed by atoms with Gasteiger partial charge in [-0.2, -0.15) is 0 Å². The van der Waals surface area contributed by atoms with Crippen LogP contribution in [-0.4, -0.2) is 22.3 Å². The van der Waals surface area contributed by atoms with Gasteiger partial charge in [-0.15, -0.1) is 11.3 Å². The van der Waals surface area contributed by atoms with Gasteiger partial charge in [0, 0.05) is 22.5 Å². The average molecular weight is 401 g/mol. The van der Waals surface area contributed by atoms with E-state index in [1.807, 2.05) is 40.6 Å². The number of thiazole rings is 1. The highest BCUT2D eigenvalue weighted by atomic mass is 35.5. The molecule has 1 saturated heterocycles. The first-order valence-corrected chi connectivity index (χ1v) is 10.1. The third kappa shape index (κ3) is 4.04. The summed E-state index contributed by atoms with van der Waals surface area (Å²) in [5.41, 5.74) is 2.58. The smallest absolute Gasteiger partial charge is 0.229 e. The van der Waals surface area contributed by atoms with Gasteiger partial charge in [-0.05, 0) is 42.7 Å². The molecule has 1 atom stereocenters. The second-order valence-electron chi connectivity index (χ2n) is 6.63. The Morgan fingerprint density at radius 3 is 2.85 bits per heavy atom. The highest BCUT2D eigenvalue weighted by molar-refractivity contribution is 7.13. The summed E-state index contributed by atoms with van der Waals surface area (Å²) in [5, 5.41) is 3.31. The summed E-state index contributed by atoms with van der Waals surface area (Å²) >= 11 is 7.41. The predicted molar refractivity (Wildman–Crippen MR) is 106 cm³/mol. The molecule has 138 valence electrons. The Hall–Kier alpha value is -2.24. The molecule has 1 unspecified atom stereocenters. The van der Waals surface area contributed by atoms with Crippen LogP contribution >= 0.6 is 22.9 Å². The number of hydrogen-bond donors (Lipinski definition) is 0. The van der Waals surface area contributed by atoms with Crippen molar-refractivity contribution in [3.05, 3.63) is 76.0 Å². The molecule has 0 aliphatic carbocycles. The molecule has 0 N–H and O–H groups in total. The van der Waals surface area contributed by atoms with Crippen LogP contribution in [0.5, 0.6) is 0 Å². The van der Waals surface area contributed by atoms with E-state index in [1.54, 1.807) is 6.07 Å². The Labute approximate surface area is 166 Å². The first-order valence-electron chi connectivity index (χ1n) is 8.85. The van der Waals surface area contributed by atoms with Crippen LogP contribution in [0.2, 0.25) is 5.02 Å².